The summed E-state index contributed by atoms with van der Waals surface area (Å²) in [6, 6.07) is 12.9. The first-order valence-electron chi connectivity index (χ1n) is 7.16. The summed E-state index contributed by atoms with van der Waals surface area (Å²) in [5.41, 5.74) is 3.62. The zero-order valence-corrected chi connectivity index (χ0v) is 13.0. The third-order valence-electron chi connectivity index (χ3n) is 3.56. The van der Waals surface area contributed by atoms with Gasteiger partial charge in [0.2, 0.25) is 5.91 Å². The van der Waals surface area contributed by atoms with Crippen molar-refractivity contribution in [3.8, 4) is 11.1 Å². The number of carboxylic acid groups (broad SMARTS) is 1. The van der Waals surface area contributed by atoms with Gasteiger partial charge in [0, 0.05) is 19.2 Å². The van der Waals surface area contributed by atoms with Crippen molar-refractivity contribution < 1.29 is 14.7 Å². The van der Waals surface area contributed by atoms with E-state index in [0.29, 0.717) is 12.2 Å². The van der Waals surface area contributed by atoms with Gasteiger partial charge < -0.3 is 10.0 Å². The number of carboxylic acids is 1. The molecule has 22 heavy (non-hydrogen) atoms. The number of hydrogen-bond acceptors (Lipinski definition) is 2. The molecule has 0 fully saturated rings. The number of nitrogens with zero attached hydrogens (tertiary/aromatic N) is 1. The second kappa shape index (κ2) is 6.43. The molecule has 4 heteroatoms. The van der Waals surface area contributed by atoms with Crippen molar-refractivity contribution in [3.63, 3.8) is 0 Å². The largest absolute Gasteiger partial charge is 0.478 e. The lowest BCUT2D eigenvalue weighted by atomic mass is 10.0. The fraction of sp³-hybridized carbons (Fsp3) is 0.222. The van der Waals surface area contributed by atoms with E-state index in [1.54, 1.807) is 11.0 Å². The Kier molecular flexibility index (Phi) is 4.61. The van der Waals surface area contributed by atoms with E-state index < -0.39 is 5.97 Å². The molecule has 0 unspecified atom stereocenters. The van der Waals surface area contributed by atoms with E-state index in [0.717, 1.165) is 16.7 Å². The quantitative estimate of drug-likeness (QED) is 0.935. The van der Waals surface area contributed by atoms with Crippen LogP contribution >= 0.6 is 0 Å². The Morgan fingerprint density at radius 3 is 2.18 bits per heavy atom. The molecule has 0 aromatic heterocycles. The van der Waals surface area contributed by atoms with Gasteiger partial charge in [-0.25, -0.2) is 4.79 Å². The number of aryl methyl sites for hydroxylation is 1. The highest BCUT2D eigenvalue weighted by atomic mass is 16.4. The maximum Gasteiger partial charge on any atom is 0.335 e. The summed E-state index contributed by atoms with van der Waals surface area (Å²) < 4.78 is 0. The van der Waals surface area contributed by atoms with E-state index in [4.69, 9.17) is 0 Å². The van der Waals surface area contributed by atoms with Gasteiger partial charge in [-0.15, -0.1) is 0 Å². The van der Waals surface area contributed by atoms with Gasteiger partial charge in [0.05, 0.1) is 5.56 Å². The van der Waals surface area contributed by atoms with Gasteiger partial charge in [-0.3, -0.25) is 4.79 Å². The third-order valence-corrected chi connectivity index (χ3v) is 3.56. The van der Waals surface area contributed by atoms with Crippen molar-refractivity contribution in [2.45, 2.75) is 20.8 Å². The monoisotopic (exact) mass is 297 g/mol. The molecular weight excluding hydrogens is 278 g/mol. The van der Waals surface area contributed by atoms with Crippen LogP contribution in [0.5, 0.6) is 0 Å². The maximum absolute atomic E-state index is 11.7. The first-order chi connectivity index (χ1) is 10.4. The van der Waals surface area contributed by atoms with Gasteiger partial charge in [-0.2, -0.15) is 0 Å². The minimum Gasteiger partial charge on any atom is -0.478 e. The zero-order chi connectivity index (χ0) is 16.3. The number of rotatable bonds is 4. The van der Waals surface area contributed by atoms with Crippen LogP contribution in [0.15, 0.2) is 42.5 Å². The van der Waals surface area contributed by atoms with E-state index in [1.165, 1.54) is 13.0 Å². The molecule has 0 aliphatic carbocycles. The molecule has 114 valence electrons. The van der Waals surface area contributed by atoms with Crippen LogP contribution in [-0.2, 0) is 4.79 Å². The number of anilines is 1. The molecular formula is C18H19NO3. The summed E-state index contributed by atoms with van der Waals surface area (Å²) in [4.78, 5) is 24.7. The predicted molar refractivity (Wildman–Crippen MR) is 87.3 cm³/mol. The van der Waals surface area contributed by atoms with Crippen LogP contribution in [0, 0.1) is 6.92 Å². The van der Waals surface area contributed by atoms with Crippen molar-refractivity contribution in [1.29, 1.82) is 0 Å². The fourth-order valence-corrected chi connectivity index (χ4v) is 2.39. The number of aromatic carboxylic acids is 1. The van der Waals surface area contributed by atoms with Gasteiger partial charge in [-0.1, -0.05) is 29.8 Å². The van der Waals surface area contributed by atoms with E-state index in [1.807, 2.05) is 44.2 Å². The van der Waals surface area contributed by atoms with Crippen LogP contribution in [0.3, 0.4) is 0 Å². The standard InChI is InChI=1S/C18H19NO3/c1-4-19(13(3)20)17-10-15(9-16(11-17)18(21)22)14-7-5-12(2)6-8-14/h5-11H,4H2,1-3H3,(H,21,22). The minimum absolute atomic E-state index is 0.111. The van der Waals surface area contributed by atoms with Crippen molar-refractivity contribution in [1.82, 2.24) is 0 Å². The van der Waals surface area contributed by atoms with E-state index in [-0.39, 0.29) is 11.5 Å². The molecule has 1 amide bonds. The summed E-state index contributed by atoms with van der Waals surface area (Å²) in [5.74, 6) is -1.12. The Morgan fingerprint density at radius 2 is 1.68 bits per heavy atom. The summed E-state index contributed by atoms with van der Waals surface area (Å²) in [6.45, 7) is 5.83. The normalized spacial score (nSPS) is 10.3. The van der Waals surface area contributed by atoms with E-state index >= 15 is 0 Å². The first kappa shape index (κ1) is 15.8. The van der Waals surface area contributed by atoms with Crippen molar-refractivity contribution in [3.05, 3.63) is 53.6 Å². The van der Waals surface area contributed by atoms with Crippen LogP contribution in [0.25, 0.3) is 11.1 Å². The predicted octanol–water partition coefficient (Wildman–Crippen LogP) is 3.73. The minimum atomic E-state index is -1.00. The molecule has 4 nitrogen and oxygen atoms in total. The molecule has 0 bridgehead atoms. The number of carbonyl (C=O) groups excluding carboxylic acids is 1. The Labute approximate surface area is 130 Å². The number of hydrogen-bond donors (Lipinski definition) is 1. The Morgan fingerprint density at radius 1 is 1.05 bits per heavy atom. The molecule has 0 atom stereocenters. The third kappa shape index (κ3) is 3.34. The van der Waals surface area contributed by atoms with Gasteiger partial charge in [0.25, 0.3) is 0 Å². The smallest absolute Gasteiger partial charge is 0.335 e. The molecule has 0 saturated heterocycles. The average molecular weight is 297 g/mol. The fourth-order valence-electron chi connectivity index (χ4n) is 2.39. The Balaban J connectivity index is 2.59. The second-order valence-corrected chi connectivity index (χ2v) is 5.20. The van der Waals surface area contributed by atoms with Crippen LogP contribution in [0.1, 0.15) is 29.8 Å². The van der Waals surface area contributed by atoms with Gasteiger partial charge in [-0.05, 0) is 43.2 Å². The molecule has 0 aliphatic heterocycles. The zero-order valence-electron chi connectivity index (χ0n) is 13.0. The second-order valence-electron chi connectivity index (χ2n) is 5.20. The summed E-state index contributed by atoms with van der Waals surface area (Å²) in [5, 5.41) is 9.31. The van der Waals surface area contributed by atoms with Crippen molar-refractivity contribution in [2.75, 3.05) is 11.4 Å². The SMILES string of the molecule is CCN(C(C)=O)c1cc(C(=O)O)cc(-c2ccc(C)cc2)c1. The highest BCUT2D eigenvalue weighted by Gasteiger charge is 2.14. The molecule has 1 N–H and O–H groups in total. The highest BCUT2D eigenvalue weighted by Crippen LogP contribution is 2.27. The maximum atomic E-state index is 11.7. The van der Waals surface area contributed by atoms with E-state index in [2.05, 4.69) is 0 Å². The van der Waals surface area contributed by atoms with E-state index in [9.17, 15) is 14.7 Å². The molecule has 2 rings (SSSR count). The molecule has 0 saturated carbocycles. The number of carbonyl (C=O) groups is 2. The molecule has 0 radical (unpaired) electrons. The Bertz CT molecular complexity index is 705. The molecule has 0 aliphatic rings. The molecule has 0 spiro atoms. The Hall–Kier alpha value is -2.62. The van der Waals surface area contributed by atoms with Gasteiger partial charge in [0.1, 0.15) is 0 Å². The number of benzene rings is 2. The van der Waals surface area contributed by atoms with Gasteiger partial charge >= 0.3 is 5.97 Å². The number of amides is 1. The lowest BCUT2D eigenvalue weighted by Gasteiger charge is -2.20. The molecule has 2 aromatic rings. The highest BCUT2D eigenvalue weighted by molar-refractivity contribution is 5.96. The lowest BCUT2D eigenvalue weighted by molar-refractivity contribution is -0.116. The summed E-state index contributed by atoms with van der Waals surface area (Å²) >= 11 is 0. The molecule has 2 aromatic carbocycles. The van der Waals surface area contributed by atoms with Crippen LogP contribution in [0.4, 0.5) is 5.69 Å². The molecule has 0 heterocycles. The van der Waals surface area contributed by atoms with Crippen LogP contribution < -0.4 is 4.90 Å². The topological polar surface area (TPSA) is 57.6 Å². The average Bonchev–Trinajstić information content (AvgIpc) is 2.48. The van der Waals surface area contributed by atoms with Gasteiger partial charge in [0.15, 0.2) is 0 Å². The van der Waals surface area contributed by atoms with Crippen molar-refractivity contribution >= 4 is 17.6 Å². The van der Waals surface area contributed by atoms with Crippen molar-refractivity contribution in [2.24, 2.45) is 0 Å². The van der Waals surface area contributed by atoms with Crippen LogP contribution in [0.2, 0.25) is 0 Å². The first-order valence-corrected chi connectivity index (χ1v) is 7.16. The summed E-state index contributed by atoms with van der Waals surface area (Å²) in [7, 11) is 0. The summed E-state index contributed by atoms with van der Waals surface area (Å²) in [6.07, 6.45) is 0. The van der Waals surface area contributed by atoms with Crippen LogP contribution in [-0.4, -0.2) is 23.5 Å². The lowest BCUT2D eigenvalue weighted by Crippen LogP contribution is -2.28.